The highest BCUT2D eigenvalue weighted by molar-refractivity contribution is 5.69. The highest BCUT2D eigenvalue weighted by Gasteiger charge is 2.75. The van der Waals surface area contributed by atoms with Crippen LogP contribution < -0.4 is 0 Å². The number of unbranched alkanes of at least 4 members (excludes halogenated alkanes) is 2. The summed E-state index contributed by atoms with van der Waals surface area (Å²) in [4.78, 5) is 12.9. The van der Waals surface area contributed by atoms with Gasteiger partial charge in [-0.3, -0.25) is 4.79 Å². The van der Waals surface area contributed by atoms with Crippen LogP contribution in [0.2, 0.25) is 0 Å². The van der Waals surface area contributed by atoms with Gasteiger partial charge in [0.25, 0.3) is 0 Å². The first-order chi connectivity index (χ1) is 18.1. The number of allylic oxidation sites excluding steroid dienone is 1. The Bertz CT molecular complexity index is 1040. The maximum Gasteiger partial charge on any atom is 0.306 e. The zero-order chi connectivity index (χ0) is 28.2. The van der Waals surface area contributed by atoms with E-state index in [0.717, 1.165) is 25.7 Å². The molecule has 1 saturated heterocycles. The summed E-state index contributed by atoms with van der Waals surface area (Å²) in [6.07, 6.45) is 16.9. The Balaban J connectivity index is 1.36. The molecule has 0 spiro atoms. The summed E-state index contributed by atoms with van der Waals surface area (Å²) in [7, 11) is 0. The van der Waals surface area contributed by atoms with E-state index >= 15 is 0 Å². The SMILES string of the molecule is CCCCCC(=O)O[C@H]1C[C@H]2O[C@H]3C=C4[C@H]5CC(C)(C)CC[C@]5(C)CC[C@@]4(C)[C@]4(C)CC[C@@H](C1(C)C)[C@@]2(C)[C@@H]34. The molecule has 1 heterocycles. The minimum absolute atomic E-state index is 0.000960. The fourth-order valence-corrected chi connectivity index (χ4v) is 11.9. The average molecular weight is 539 g/mol. The van der Waals surface area contributed by atoms with Crippen molar-refractivity contribution < 1.29 is 14.3 Å². The third-order valence-electron chi connectivity index (χ3n) is 14.6. The zero-order valence-electron chi connectivity index (χ0n) is 26.8. The topological polar surface area (TPSA) is 35.5 Å². The Morgan fingerprint density at radius 2 is 1.69 bits per heavy atom. The molecular formula is C36H58O3. The molecule has 39 heavy (non-hydrogen) atoms. The number of hydrogen-bond donors (Lipinski definition) is 0. The molecule has 0 N–H and O–H groups in total. The Kier molecular flexibility index (Phi) is 6.41. The number of ether oxygens (including phenoxy) is 2. The normalized spacial score (nSPS) is 50.7. The van der Waals surface area contributed by atoms with Gasteiger partial charge in [0.2, 0.25) is 0 Å². The molecule has 5 fully saturated rings. The van der Waals surface area contributed by atoms with Crippen molar-refractivity contribution in [3.05, 3.63) is 11.6 Å². The van der Waals surface area contributed by atoms with Crippen LogP contribution in [0.3, 0.4) is 0 Å². The zero-order valence-corrected chi connectivity index (χ0v) is 26.8. The molecule has 4 saturated carbocycles. The van der Waals surface area contributed by atoms with E-state index in [1.165, 1.54) is 44.9 Å². The smallest absolute Gasteiger partial charge is 0.306 e. The molecule has 10 atom stereocenters. The Hall–Kier alpha value is -0.830. The quantitative estimate of drug-likeness (QED) is 0.199. The van der Waals surface area contributed by atoms with Crippen molar-refractivity contribution in [2.75, 3.05) is 0 Å². The molecule has 0 amide bonds. The Morgan fingerprint density at radius 3 is 2.41 bits per heavy atom. The van der Waals surface area contributed by atoms with Crippen LogP contribution in [0, 0.1) is 50.2 Å². The lowest BCUT2D eigenvalue weighted by Gasteiger charge is -2.70. The lowest BCUT2D eigenvalue weighted by molar-refractivity contribution is -0.210. The first-order valence-electron chi connectivity index (χ1n) is 16.7. The molecule has 0 aromatic heterocycles. The van der Waals surface area contributed by atoms with Crippen molar-refractivity contribution in [2.24, 2.45) is 50.2 Å². The van der Waals surface area contributed by atoms with Gasteiger partial charge in [0.1, 0.15) is 6.10 Å². The molecule has 1 aliphatic heterocycles. The lowest BCUT2D eigenvalue weighted by Crippen LogP contribution is -2.67. The van der Waals surface area contributed by atoms with E-state index in [2.05, 4.69) is 68.4 Å². The highest BCUT2D eigenvalue weighted by atomic mass is 16.6. The third-order valence-corrected chi connectivity index (χ3v) is 14.6. The van der Waals surface area contributed by atoms with Gasteiger partial charge in [0, 0.05) is 29.6 Å². The fourth-order valence-electron chi connectivity index (χ4n) is 11.9. The minimum atomic E-state index is -0.0489. The summed E-state index contributed by atoms with van der Waals surface area (Å²) in [5, 5.41) is 0. The molecule has 6 rings (SSSR count). The number of fused-ring (bicyclic) bond motifs is 4. The lowest BCUT2D eigenvalue weighted by atomic mass is 9.33. The van der Waals surface area contributed by atoms with Crippen LogP contribution in [0.25, 0.3) is 0 Å². The van der Waals surface area contributed by atoms with Gasteiger partial charge in [-0.15, -0.1) is 0 Å². The van der Waals surface area contributed by atoms with Gasteiger partial charge in [-0.25, -0.2) is 0 Å². The summed E-state index contributed by atoms with van der Waals surface area (Å²) in [5.41, 5.74) is 3.24. The molecule has 0 aromatic carbocycles. The summed E-state index contributed by atoms with van der Waals surface area (Å²) in [5.74, 6) is 1.74. The Morgan fingerprint density at radius 1 is 0.974 bits per heavy atom. The van der Waals surface area contributed by atoms with Crippen LogP contribution in [0.1, 0.15) is 139 Å². The van der Waals surface area contributed by atoms with E-state index in [4.69, 9.17) is 9.47 Å². The maximum absolute atomic E-state index is 12.9. The molecular weight excluding hydrogens is 480 g/mol. The molecule has 5 aliphatic carbocycles. The summed E-state index contributed by atoms with van der Waals surface area (Å²) < 4.78 is 13.5. The van der Waals surface area contributed by atoms with Gasteiger partial charge < -0.3 is 9.47 Å². The molecule has 6 aliphatic rings. The van der Waals surface area contributed by atoms with E-state index in [0.29, 0.717) is 35.0 Å². The van der Waals surface area contributed by atoms with E-state index < -0.39 is 0 Å². The van der Waals surface area contributed by atoms with Gasteiger partial charge in [0.15, 0.2) is 0 Å². The van der Waals surface area contributed by atoms with E-state index in [1.807, 2.05) is 0 Å². The van der Waals surface area contributed by atoms with E-state index in [9.17, 15) is 4.79 Å². The van der Waals surface area contributed by atoms with Gasteiger partial charge in [-0.1, -0.05) is 86.8 Å². The van der Waals surface area contributed by atoms with Gasteiger partial charge >= 0.3 is 5.97 Å². The molecule has 0 bridgehead atoms. The maximum atomic E-state index is 12.9. The Labute approximate surface area is 239 Å². The number of carbonyl (C=O) groups excluding carboxylic acids is 1. The molecule has 3 nitrogen and oxygen atoms in total. The van der Waals surface area contributed by atoms with Crippen LogP contribution in [0.5, 0.6) is 0 Å². The van der Waals surface area contributed by atoms with Crippen LogP contribution in [0.15, 0.2) is 11.6 Å². The highest BCUT2D eigenvalue weighted by Crippen LogP contribution is 2.78. The molecule has 0 radical (unpaired) electrons. The predicted molar refractivity (Wildman–Crippen MR) is 158 cm³/mol. The third kappa shape index (κ3) is 3.79. The van der Waals surface area contributed by atoms with E-state index in [1.54, 1.807) is 5.57 Å². The van der Waals surface area contributed by atoms with Crippen LogP contribution in [-0.4, -0.2) is 24.3 Å². The largest absolute Gasteiger partial charge is 0.462 e. The molecule has 0 aromatic rings. The molecule has 220 valence electrons. The summed E-state index contributed by atoms with van der Waals surface area (Å²) in [6.45, 7) is 22.5. The number of hydrogen-bond acceptors (Lipinski definition) is 3. The van der Waals surface area contributed by atoms with Crippen LogP contribution in [0.4, 0.5) is 0 Å². The summed E-state index contributed by atoms with van der Waals surface area (Å²) >= 11 is 0. The fraction of sp³-hybridized carbons (Fsp3) is 0.917. The number of carbonyl (C=O) groups is 1. The second-order valence-electron chi connectivity index (χ2n) is 17.5. The van der Waals surface area contributed by atoms with Crippen molar-refractivity contribution in [1.82, 2.24) is 0 Å². The average Bonchev–Trinajstić information content (AvgIpc) is 3.14. The monoisotopic (exact) mass is 538 g/mol. The second kappa shape index (κ2) is 8.84. The van der Waals surface area contributed by atoms with Crippen molar-refractivity contribution in [2.45, 2.75) is 158 Å². The standard InChI is InChI=1S/C36H58O3/c1-10-11-12-13-29(37)39-27-21-28-36(9)26(32(27,4)5)14-15-35(8)30(36)25(38-28)20-23-24-22-31(2,3)16-17-33(24,6)18-19-34(23,35)7/h20,24-28,30H,10-19,21-22H2,1-9H3/t24-,25+,26+,27+,28-,30+,33-,34-,35-,36-/m1/s1. The first-order valence-corrected chi connectivity index (χ1v) is 16.7. The molecule has 3 heteroatoms. The van der Waals surface area contributed by atoms with E-state index in [-0.39, 0.29) is 45.9 Å². The van der Waals surface area contributed by atoms with Crippen LogP contribution >= 0.6 is 0 Å². The van der Waals surface area contributed by atoms with Crippen molar-refractivity contribution in [3.8, 4) is 0 Å². The predicted octanol–water partition coefficient (Wildman–Crippen LogP) is 9.29. The van der Waals surface area contributed by atoms with Crippen LogP contribution in [-0.2, 0) is 14.3 Å². The van der Waals surface area contributed by atoms with Crippen molar-refractivity contribution in [3.63, 3.8) is 0 Å². The van der Waals surface area contributed by atoms with Gasteiger partial charge in [0.05, 0.1) is 12.2 Å². The van der Waals surface area contributed by atoms with Gasteiger partial charge in [-0.05, 0) is 84.9 Å². The van der Waals surface area contributed by atoms with Crippen molar-refractivity contribution in [1.29, 1.82) is 0 Å². The number of rotatable bonds is 5. The second-order valence-corrected chi connectivity index (χ2v) is 17.5. The first kappa shape index (κ1) is 28.3. The number of esters is 1. The minimum Gasteiger partial charge on any atom is -0.462 e. The summed E-state index contributed by atoms with van der Waals surface area (Å²) in [6, 6.07) is 0. The van der Waals surface area contributed by atoms with Crippen molar-refractivity contribution >= 4 is 5.97 Å². The molecule has 0 unspecified atom stereocenters. The van der Waals surface area contributed by atoms with Gasteiger partial charge in [-0.2, -0.15) is 0 Å².